The van der Waals surface area contributed by atoms with Gasteiger partial charge in [0.05, 0.1) is 6.04 Å². The van der Waals surface area contributed by atoms with Gasteiger partial charge in [0.25, 0.3) is 0 Å². The number of carbonyl (C=O) groups excluding carboxylic acids is 1. The van der Waals surface area contributed by atoms with Crippen LogP contribution in [0, 0.1) is 5.82 Å². The average Bonchev–Trinajstić information content (AvgIpc) is 2.70. The Morgan fingerprint density at radius 2 is 2.35 bits per heavy atom. The first-order valence-corrected chi connectivity index (χ1v) is 5.86. The lowest BCUT2D eigenvalue weighted by atomic mass is 10.2. The van der Waals surface area contributed by atoms with E-state index >= 15 is 0 Å². The summed E-state index contributed by atoms with van der Waals surface area (Å²) in [5.74, 6) is -0.644. The monoisotopic (exact) mass is 305 g/mol. The van der Waals surface area contributed by atoms with E-state index in [1.807, 2.05) is 0 Å². The molecule has 17 heavy (non-hydrogen) atoms. The number of nitrogens with zero attached hydrogens (tertiary/aromatic N) is 1. The van der Waals surface area contributed by atoms with Gasteiger partial charge < -0.3 is 10.6 Å². The number of amides is 1. The molecule has 7 heteroatoms. The lowest BCUT2D eigenvalue weighted by Crippen LogP contribution is -2.35. The normalized spacial score (nSPS) is 23.7. The van der Waals surface area contributed by atoms with Crippen LogP contribution in [0.4, 0.5) is 14.6 Å². The van der Waals surface area contributed by atoms with Crippen LogP contribution in [0.25, 0.3) is 0 Å². The number of hydrogen-bond acceptors (Lipinski definition) is 3. The Morgan fingerprint density at radius 1 is 1.59 bits per heavy atom. The number of aromatic nitrogens is 1. The minimum absolute atomic E-state index is 0.0260. The van der Waals surface area contributed by atoms with E-state index in [0.29, 0.717) is 0 Å². The number of nitrogens with one attached hydrogen (secondary N) is 2. The van der Waals surface area contributed by atoms with E-state index in [0.717, 1.165) is 0 Å². The van der Waals surface area contributed by atoms with Gasteiger partial charge in [0, 0.05) is 13.0 Å². The third-order valence-corrected chi connectivity index (χ3v) is 3.00. The highest BCUT2D eigenvalue weighted by atomic mass is 79.9. The zero-order valence-electron chi connectivity index (χ0n) is 8.71. The summed E-state index contributed by atoms with van der Waals surface area (Å²) in [6.45, 7) is 0.179. The average molecular weight is 306 g/mol. The van der Waals surface area contributed by atoms with Gasteiger partial charge in [-0.1, -0.05) is 0 Å². The smallest absolute Gasteiger partial charge is 0.242 e. The fourth-order valence-electron chi connectivity index (χ4n) is 1.59. The predicted octanol–water partition coefficient (Wildman–Crippen LogP) is 1.62. The molecule has 1 fully saturated rings. The third kappa shape index (κ3) is 2.98. The number of anilines is 1. The summed E-state index contributed by atoms with van der Waals surface area (Å²) in [7, 11) is 0. The first-order chi connectivity index (χ1) is 8.06. The van der Waals surface area contributed by atoms with Gasteiger partial charge in [-0.2, -0.15) is 0 Å². The first kappa shape index (κ1) is 12.4. The lowest BCUT2D eigenvalue weighted by molar-refractivity contribution is -0.117. The fourth-order valence-corrected chi connectivity index (χ4v) is 1.92. The van der Waals surface area contributed by atoms with Crippen molar-refractivity contribution in [3.05, 3.63) is 22.6 Å². The second-order valence-corrected chi connectivity index (χ2v) is 4.50. The summed E-state index contributed by atoms with van der Waals surface area (Å²) in [5, 5.41) is 5.25. The Kier molecular flexibility index (Phi) is 3.68. The van der Waals surface area contributed by atoms with Crippen LogP contribution in [0.2, 0.25) is 0 Å². The van der Waals surface area contributed by atoms with E-state index < -0.39 is 18.0 Å². The summed E-state index contributed by atoms with van der Waals surface area (Å²) in [6.07, 6.45) is -0.854. The van der Waals surface area contributed by atoms with Crippen molar-refractivity contribution in [3.8, 4) is 0 Å². The van der Waals surface area contributed by atoms with Crippen LogP contribution in [-0.4, -0.2) is 29.6 Å². The van der Waals surface area contributed by atoms with Crippen molar-refractivity contribution in [2.24, 2.45) is 0 Å². The predicted molar refractivity (Wildman–Crippen MR) is 61.8 cm³/mol. The van der Waals surface area contributed by atoms with E-state index in [1.165, 1.54) is 12.1 Å². The van der Waals surface area contributed by atoms with Gasteiger partial charge >= 0.3 is 0 Å². The van der Waals surface area contributed by atoms with Gasteiger partial charge in [0.2, 0.25) is 5.91 Å². The Labute approximate surface area is 105 Å². The fraction of sp³-hybridized carbons (Fsp3) is 0.400. The van der Waals surface area contributed by atoms with Crippen molar-refractivity contribution in [1.29, 1.82) is 0 Å². The molecule has 2 N–H and O–H groups in total. The van der Waals surface area contributed by atoms with Crippen LogP contribution >= 0.6 is 15.9 Å². The van der Waals surface area contributed by atoms with Crippen molar-refractivity contribution in [3.63, 3.8) is 0 Å². The topological polar surface area (TPSA) is 54.0 Å². The molecule has 1 saturated heterocycles. The molecule has 0 saturated carbocycles. The largest absolute Gasteiger partial charge is 0.309 e. The maximum Gasteiger partial charge on any atom is 0.242 e. The van der Waals surface area contributed by atoms with Gasteiger partial charge in [-0.15, -0.1) is 0 Å². The first-order valence-electron chi connectivity index (χ1n) is 5.06. The Balaban J connectivity index is 2.00. The number of carbonyl (C=O) groups is 1. The van der Waals surface area contributed by atoms with Crippen molar-refractivity contribution < 1.29 is 13.6 Å². The lowest BCUT2D eigenvalue weighted by Gasteiger charge is -2.10. The zero-order chi connectivity index (χ0) is 12.4. The maximum absolute atomic E-state index is 12.9. The molecular formula is C10H10BrF2N3O. The zero-order valence-corrected chi connectivity index (χ0v) is 10.3. The van der Waals surface area contributed by atoms with E-state index in [4.69, 9.17) is 0 Å². The number of halogens is 3. The Hall–Kier alpha value is -1.08. The highest BCUT2D eigenvalue weighted by molar-refractivity contribution is 9.10. The molecular weight excluding hydrogens is 296 g/mol. The molecule has 2 atom stereocenters. The van der Waals surface area contributed by atoms with Gasteiger partial charge in [0.1, 0.15) is 16.6 Å². The quantitative estimate of drug-likeness (QED) is 0.817. The standard InChI is InChI=1S/C10H10BrF2N3O/c11-9-6(13)1-2-8(15-9)16-10(17)7-3-5(12)4-14-7/h1-2,5,7,14H,3-4H2,(H,15,16,17)/t5-,7+/m1/s1. The molecule has 2 rings (SSSR count). The highest BCUT2D eigenvalue weighted by Gasteiger charge is 2.29. The summed E-state index contributed by atoms with van der Waals surface area (Å²) < 4.78 is 25.8. The molecule has 92 valence electrons. The molecule has 1 aliphatic rings. The molecule has 0 unspecified atom stereocenters. The van der Waals surface area contributed by atoms with Crippen LogP contribution < -0.4 is 10.6 Å². The van der Waals surface area contributed by atoms with Crippen LogP contribution in [0.3, 0.4) is 0 Å². The number of hydrogen-bond donors (Lipinski definition) is 2. The Morgan fingerprint density at radius 3 is 2.94 bits per heavy atom. The Bertz CT molecular complexity index is 444. The van der Waals surface area contributed by atoms with Crippen LogP contribution in [0.5, 0.6) is 0 Å². The molecule has 1 aliphatic heterocycles. The van der Waals surface area contributed by atoms with Crippen molar-refractivity contribution in [2.45, 2.75) is 18.6 Å². The molecule has 0 radical (unpaired) electrons. The van der Waals surface area contributed by atoms with E-state index in [9.17, 15) is 13.6 Å². The molecule has 0 bridgehead atoms. The highest BCUT2D eigenvalue weighted by Crippen LogP contribution is 2.16. The van der Waals surface area contributed by atoms with E-state index in [2.05, 4.69) is 31.5 Å². The van der Waals surface area contributed by atoms with Crippen molar-refractivity contribution in [1.82, 2.24) is 10.3 Å². The molecule has 0 spiro atoms. The molecule has 0 aromatic carbocycles. The van der Waals surface area contributed by atoms with Crippen molar-refractivity contribution in [2.75, 3.05) is 11.9 Å². The number of alkyl halides is 1. The minimum Gasteiger partial charge on any atom is -0.309 e. The molecule has 1 aromatic heterocycles. The minimum atomic E-state index is -1.00. The van der Waals surface area contributed by atoms with Gasteiger partial charge in [-0.3, -0.25) is 4.79 Å². The molecule has 2 heterocycles. The molecule has 0 aliphatic carbocycles. The maximum atomic E-state index is 12.9. The summed E-state index contributed by atoms with van der Waals surface area (Å²) in [5.41, 5.74) is 0. The summed E-state index contributed by atoms with van der Waals surface area (Å²) >= 11 is 2.92. The molecule has 1 aromatic rings. The second-order valence-electron chi connectivity index (χ2n) is 3.75. The molecule has 4 nitrogen and oxygen atoms in total. The van der Waals surface area contributed by atoms with Gasteiger partial charge in [-0.25, -0.2) is 13.8 Å². The number of rotatable bonds is 2. The summed E-state index contributed by atoms with van der Waals surface area (Å²) in [4.78, 5) is 15.5. The molecule has 1 amide bonds. The van der Waals surface area contributed by atoms with E-state index in [-0.39, 0.29) is 29.3 Å². The third-order valence-electron chi connectivity index (χ3n) is 2.45. The van der Waals surface area contributed by atoms with E-state index in [1.54, 1.807) is 0 Å². The number of pyridine rings is 1. The van der Waals surface area contributed by atoms with Crippen LogP contribution in [-0.2, 0) is 4.79 Å². The van der Waals surface area contributed by atoms with Crippen molar-refractivity contribution >= 4 is 27.7 Å². The van der Waals surface area contributed by atoms with Gasteiger partial charge in [0.15, 0.2) is 5.82 Å². The SMILES string of the molecule is O=C(Nc1ccc(F)c(Br)n1)[C@@H]1C[C@@H](F)CN1. The summed E-state index contributed by atoms with van der Waals surface area (Å²) in [6, 6.07) is 1.97. The van der Waals surface area contributed by atoms with Gasteiger partial charge in [-0.05, 0) is 28.1 Å². The second kappa shape index (κ2) is 5.05. The van der Waals surface area contributed by atoms with Crippen LogP contribution in [0.1, 0.15) is 6.42 Å². The van der Waals surface area contributed by atoms with Crippen LogP contribution in [0.15, 0.2) is 16.7 Å².